The molecule has 1 aromatic carbocycles. The number of aromatic nitrogens is 3. The molecule has 1 aliphatic heterocycles. The molecule has 7 heteroatoms. The summed E-state index contributed by atoms with van der Waals surface area (Å²) in [6.45, 7) is 2.57. The highest BCUT2D eigenvalue weighted by Crippen LogP contribution is 2.18. The number of benzene rings is 1. The SMILES string of the molecule is CN(Cc1ccc(F)cc1)C(=O)CN1CCCC[C@H]1Cn1cncn1. The third-order valence-corrected chi connectivity index (χ3v) is 4.71. The average Bonchev–Trinajstić information content (AvgIpc) is 3.11. The zero-order chi connectivity index (χ0) is 17.6. The largest absolute Gasteiger partial charge is 0.340 e. The number of carbonyl (C=O) groups excluding carboxylic acids is 1. The number of rotatable bonds is 6. The predicted molar refractivity (Wildman–Crippen MR) is 92.1 cm³/mol. The average molecular weight is 345 g/mol. The second-order valence-corrected chi connectivity index (χ2v) is 6.61. The highest BCUT2D eigenvalue weighted by atomic mass is 19.1. The van der Waals surface area contributed by atoms with Crippen LogP contribution in [0.5, 0.6) is 0 Å². The Morgan fingerprint density at radius 2 is 2.12 bits per heavy atom. The highest BCUT2D eigenvalue weighted by Gasteiger charge is 2.26. The molecule has 0 spiro atoms. The van der Waals surface area contributed by atoms with Gasteiger partial charge < -0.3 is 4.90 Å². The first kappa shape index (κ1) is 17.5. The number of amides is 1. The second-order valence-electron chi connectivity index (χ2n) is 6.61. The Labute approximate surface area is 147 Å². The van der Waals surface area contributed by atoms with Crippen LogP contribution < -0.4 is 0 Å². The molecule has 1 fully saturated rings. The molecule has 0 bridgehead atoms. The molecule has 1 aliphatic rings. The van der Waals surface area contributed by atoms with Gasteiger partial charge in [-0.15, -0.1) is 0 Å². The Balaban J connectivity index is 1.56. The third-order valence-electron chi connectivity index (χ3n) is 4.71. The van der Waals surface area contributed by atoms with Crippen LogP contribution in [0.2, 0.25) is 0 Å². The van der Waals surface area contributed by atoms with Crippen LogP contribution in [0.25, 0.3) is 0 Å². The normalized spacial score (nSPS) is 18.2. The summed E-state index contributed by atoms with van der Waals surface area (Å²) in [6.07, 6.45) is 6.61. The summed E-state index contributed by atoms with van der Waals surface area (Å²) in [6, 6.07) is 6.58. The van der Waals surface area contributed by atoms with Gasteiger partial charge >= 0.3 is 0 Å². The highest BCUT2D eigenvalue weighted by molar-refractivity contribution is 5.78. The van der Waals surface area contributed by atoms with Gasteiger partial charge in [0.25, 0.3) is 0 Å². The molecule has 3 rings (SSSR count). The Bertz CT molecular complexity index is 673. The van der Waals surface area contributed by atoms with E-state index in [-0.39, 0.29) is 11.7 Å². The lowest BCUT2D eigenvalue weighted by molar-refractivity contribution is -0.132. The summed E-state index contributed by atoms with van der Waals surface area (Å²) in [5.41, 5.74) is 0.926. The number of likely N-dealkylation sites (tertiary alicyclic amines) is 1. The molecule has 0 saturated carbocycles. The van der Waals surface area contributed by atoms with Crippen molar-refractivity contribution in [3.05, 3.63) is 48.3 Å². The monoisotopic (exact) mass is 345 g/mol. The molecule has 0 N–H and O–H groups in total. The Morgan fingerprint density at radius 1 is 1.32 bits per heavy atom. The molecule has 2 heterocycles. The van der Waals surface area contributed by atoms with Crippen LogP contribution in [0.4, 0.5) is 4.39 Å². The number of hydrogen-bond acceptors (Lipinski definition) is 4. The first-order chi connectivity index (χ1) is 12.1. The summed E-state index contributed by atoms with van der Waals surface area (Å²) < 4.78 is 14.8. The van der Waals surface area contributed by atoms with Gasteiger partial charge in [0, 0.05) is 19.6 Å². The van der Waals surface area contributed by atoms with Gasteiger partial charge in [-0.05, 0) is 37.1 Å². The summed E-state index contributed by atoms with van der Waals surface area (Å²) in [4.78, 5) is 20.5. The van der Waals surface area contributed by atoms with Crippen molar-refractivity contribution in [2.75, 3.05) is 20.1 Å². The Morgan fingerprint density at radius 3 is 2.84 bits per heavy atom. The van der Waals surface area contributed by atoms with Gasteiger partial charge in [-0.1, -0.05) is 18.6 Å². The van der Waals surface area contributed by atoms with Crippen LogP contribution >= 0.6 is 0 Å². The molecular formula is C18H24FN5O. The molecule has 134 valence electrons. The maximum Gasteiger partial charge on any atom is 0.236 e. The van der Waals surface area contributed by atoms with Crippen molar-refractivity contribution >= 4 is 5.91 Å². The van der Waals surface area contributed by atoms with E-state index in [9.17, 15) is 9.18 Å². The predicted octanol–water partition coefficient (Wildman–Crippen LogP) is 1.93. The summed E-state index contributed by atoms with van der Waals surface area (Å²) in [5, 5.41) is 4.17. The molecule has 1 saturated heterocycles. The number of piperidine rings is 1. The zero-order valence-electron chi connectivity index (χ0n) is 14.5. The fourth-order valence-electron chi connectivity index (χ4n) is 3.26. The van der Waals surface area contributed by atoms with Gasteiger partial charge in [0.05, 0.1) is 13.1 Å². The lowest BCUT2D eigenvalue weighted by atomic mass is 10.0. The van der Waals surface area contributed by atoms with Crippen molar-refractivity contribution in [1.29, 1.82) is 0 Å². The van der Waals surface area contributed by atoms with E-state index in [0.29, 0.717) is 19.1 Å². The maximum atomic E-state index is 13.0. The number of nitrogens with zero attached hydrogens (tertiary/aromatic N) is 5. The van der Waals surface area contributed by atoms with E-state index in [4.69, 9.17) is 0 Å². The standard InChI is InChI=1S/C18H24FN5O/c1-22(10-15-5-7-16(19)8-6-15)18(25)12-23-9-3-2-4-17(23)11-24-14-20-13-21-24/h5-8,13-14,17H,2-4,9-12H2,1H3/t17-/m0/s1. The van der Waals surface area contributed by atoms with E-state index in [1.807, 2.05) is 4.68 Å². The van der Waals surface area contributed by atoms with Crippen LogP contribution in [0.1, 0.15) is 24.8 Å². The van der Waals surface area contributed by atoms with Gasteiger partial charge in [-0.2, -0.15) is 5.10 Å². The quantitative estimate of drug-likeness (QED) is 0.803. The third kappa shape index (κ3) is 4.85. The van der Waals surface area contributed by atoms with Gasteiger partial charge in [0.2, 0.25) is 5.91 Å². The summed E-state index contributed by atoms with van der Waals surface area (Å²) in [7, 11) is 1.79. The lowest BCUT2D eigenvalue weighted by Gasteiger charge is -2.36. The van der Waals surface area contributed by atoms with Crippen LogP contribution in [0, 0.1) is 5.82 Å². The second kappa shape index (κ2) is 8.20. The molecule has 1 aromatic heterocycles. The molecule has 0 aliphatic carbocycles. The van der Waals surface area contributed by atoms with Gasteiger partial charge in [0.15, 0.2) is 0 Å². The van der Waals surface area contributed by atoms with Crippen molar-refractivity contribution in [3.63, 3.8) is 0 Å². The van der Waals surface area contributed by atoms with E-state index in [2.05, 4.69) is 15.0 Å². The number of halogens is 1. The number of likely N-dealkylation sites (N-methyl/N-ethyl adjacent to an activating group) is 1. The van der Waals surface area contributed by atoms with E-state index in [1.165, 1.54) is 24.9 Å². The molecular weight excluding hydrogens is 321 g/mol. The Hall–Kier alpha value is -2.28. The van der Waals surface area contributed by atoms with Crippen molar-refractivity contribution < 1.29 is 9.18 Å². The van der Waals surface area contributed by atoms with E-state index >= 15 is 0 Å². The van der Waals surface area contributed by atoms with Gasteiger partial charge in [-0.25, -0.2) is 9.37 Å². The first-order valence-electron chi connectivity index (χ1n) is 8.66. The number of hydrogen-bond donors (Lipinski definition) is 0. The Kier molecular flexibility index (Phi) is 5.75. The molecule has 2 aromatic rings. The molecule has 1 atom stereocenters. The molecule has 6 nitrogen and oxygen atoms in total. The van der Waals surface area contributed by atoms with Gasteiger partial charge in [-0.3, -0.25) is 14.4 Å². The van der Waals surface area contributed by atoms with Crippen molar-refractivity contribution in [1.82, 2.24) is 24.6 Å². The molecule has 0 unspecified atom stereocenters. The summed E-state index contributed by atoms with van der Waals surface area (Å²) >= 11 is 0. The van der Waals surface area contributed by atoms with Crippen molar-refractivity contribution in [2.24, 2.45) is 0 Å². The molecule has 1 amide bonds. The molecule has 0 radical (unpaired) electrons. The molecule has 25 heavy (non-hydrogen) atoms. The van der Waals surface area contributed by atoms with Crippen molar-refractivity contribution in [3.8, 4) is 0 Å². The first-order valence-corrected chi connectivity index (χ1v) is 8.66. The van der Waals surface area contributed by atoms with Crippen molar-refractivity contribution in [2.45, 2.75) is 38.4 Å². The number of carbonyl (C=O) groups is 1. The minimum Gasteiger partial charge on any atom is -0.340 e. The lowest BCUT2D eigenvalue weighted by Crippen LogP contribution is -2.47. The topological polar surface area (TPSA) is 54.3 Å². The van der Waals surface area contributed by atoms with Gasteiger partial charge in [0.1, 0.15) is 18.5 Å². The van der Waals surface area contributed by atoms with E-state index < -0.39 is 0 Å². The fraction of sp³-hybridized carbons (Fsp3) is 0.500. The van der Waals surface area contributed by atoms with Crippen LogP contribution in [-0.2, 0) is 17.9 Å². The van der Waals surface area contributed by atoms with E-state index in [0.717, 1.165) is 31.5 Å². The van der Waals surface area contributed by atoms with Crippen LogP contribution in [0.3, 0.4) is 0 Å². The van der Waals surface area contributed by atoms with Crippen LogP contribution in [-0.4, -0.2) is 56.7 Å². The van der Waals surface area contributed by atoms with Crippen LogP contribution in [0.15, 0.2) is 36.9 Å². The maximum absolute atomic E-state index is 13.0. The minimum atomic E-state index is -0.262. The van der Waals surface area contributed by atoms with E-state index in [1.54, 1.807) is 30.4 Å². The smallest absolute Gasteiger partial charge is 0.236 e. The summed E-state index contributed by atoms with van der Waals surface area (Å²) in [5.74, 6) is -0.184. The fourth-order valence-corrected chi connectivity index (χ4v) is 3.26. The zero-order valence-corrected chi connectivity index (χ0v) is 14.5. The minimum absolute atomic E-state index is 0.0785.